The maximum atomic E-state index is 9.32. The molecule has 2 aromatic carbocycles. The Labute approximate surface area is 377 Å². The van der Waals surface area contributed by atoms with Gasteiger partial charge in [-0.3, -0.25) is 9.80 Å². The van der Waals surface area contributed by atoms with E-state index in [9.17, 15) is 5.26 Å². The van der Waals surface area contributed by atoms with E-state index in [1.165, 1.54) is 0 Å². The molecule has 0 bridgehead atoms. The molecule has 316 valence electrons. The summed E-state index contributed by atoms with van der Waals surface area (Å²) in [7, 11) is 0. The third-order valence-electron chi connectivity index (χ3n) is 11.0. The van der Waals surface area contributed by atoms with Crippen LogP contribution in [0.1, 0.15) is 42.4 Å². The summed E-state index contributed by atoms with van der Waals surface area (Å²) >= 11 is 10.0. The van der Waals surface area contributed by atoms with E-state index in [0.717, 1.165) is 103 Å². The van der Waals surface area contributed by atoms with Gasteiger partial charge in [-0.05, 0) is 91.6 Å². The van der Waals surface area contributed by atoms with Crippen LogP contribution >= 0.6 is 23.2 Å². The Bertz CT molecular complexity index is 2530. The van der Waals surface area contributed by atoms with Gasteiger partial charge in [0.2, 0.25) is 5.82 Å². The fourth-order valence-corrected chi connectivity index (χ4v) is 9.38. The van der Waals surface area contributed by atoms with E-state index >= 15 is 0 Å². The van der Waals surface area contributed by atoms with Gasteiger partial charge >= 0.3 is 47.2 Å². The van der Waals surface area contributed by atoms with Crippen molar-refractivity contribution in [2.75, 3.05) is 49.1 Å². The Hall–Kier alpha value is -5.37. The number of azide groups is 1. The number of aromatic nitrogens is 6. The van der Waals surface area contributed by atoms with Gasteiger partial charge in [0.15, 0.2) is 0 Å². The van der Waals surface area contributed by atoms with Crippen LogP contribution in [0.2, 0.25) is 24.9 Å². The summed E-state index contributed by atoms with van der Waals surface area (Å²) < 4.78 is 3.65. The SMILES string of the molecule is Clc1cccc(C#C[C@H]2CC[C@H]3CN(c4ncccc4-c4nn[nH]n4)CCN32)c1.N#Cc1cccnc1N1CCN2[C@@H](CC[C@@H]2C#Cc2cccc(Cl)c2)C1.[CH3][Sn]([CH3])([CH3])[N]=[N+]=[N-]. The number of aromatic amines is 1. The molecule has 4 aliphatic heterocycles. The monoisotopic (exact) mass is 974 g/mol. The van der Waals surface area contributed by atoms with Crippen LogP contribution in [0.4, 0.5) is 11.6 Å². The van der Waals surface area contributed by atoms with Gasteiger partial charge in [0, 0.05) is 84.9 Å². The predicted octanol–water partition coefficient (Wildman–Crippen LogP) is 8.06. The Morgan fingerprint density at radius 1 is 0.758 bits per heavy atom. The van der Waals surface area contributed by atoms with Crippen LogP contribution in [0.3, 0.4) is 0 Å². The second-order valence-electron chi connectivity index (χ2n) is 16.4. The van der Waals surface area contributed by atoms with Gasteiger partial charge in [0.05, 0.1) is 23.2 Å². The van der Waals surface area contributed by atoms with Crippen LogP contribution in [-0.4, -0.2) is 122 Å². The van der Waals surface area contributed by atoms with Gasteiger partial charge in [-0.1, -0.05) is 59.0 Å². The first-order valence-corrected chi connectivity index (χ1v) is 31.3. The molecule has 5 aromatic rings. The Morgan fingerprint density at radius 2 is 1.32 bits per heavy atom. The maximum absolute atomic E-state index is 9.32. The van der Waals surface area contributed by atoms with Crippen molar-refractivity contribution in [3.63, 3.8) is 0 Å². The van der Waals surface area contributed by atoms with Crippen molar-refractivity contribution >= 4 is 53.5 Å². The number of anilines is 2. The van der Waals surface area contributed by atoms with E-state index in [-0.39, 0.29) is 0 Å². The number of nitriles is 1. The van der Waals surface area contributed by atoms with Crippen molar-refractivity contribution in [3.8, 4) is 41.1 Å². The van der Waals surface area contributed by atoms with Gasteiger partial charge in [-0.15, -0.1) is 10.2 Å². The van der Waals surface area contributed by atoms with Gasteiger partial charge in [-0.2, -0.15) is 10.5 Å². The number of benzene rings is 2. The Kier molecular flexibility index (Phi) is 15.2. The molecule has 1 N–H and O–H groups in total. The molecule has 4 saturated heterocycles. The van der Waals surface area contributed by atoms with Crippen LogP contribution in [-0.2, 0) is 0 Å². The van der Waals surface area contributed by atoms with Crippen molar-refractivity contribution in [2.45, 2.75) is 64.7 Å². The van der Waals surface area contributed by atoms with E-state index in [1.54, 1.807) is 6.20 Å². The van der Waals surface area contributed by atoms with Crippen LogP contribution < -0.4 is 9.80 Å². The topological polar surface area (TPSA) is 166 Å². The molecule has 0 aliphatic carbocycles. The number of fused-ring (bicyclic) bond motifs is 2. The zero-order valence-electron chi connectivity index (χ0n) is 35.0. The summed E-state index contributed by atoms with van der Waals surface area (Å²) in [6, 6.07) is 26.8. The quantitative estimate of drug-likeness (QED) is 0.0612. The average molecular weight is 975 g/mol. The van der Waals surface area contributed by atoms with E-state index < -0.39 is 18.7 Å². The van der Waals surface area contributed by atoms with Crippen LogP contribution in [0, 0.1) is 35.0 Å². The first-order valence-electron chi connectivity index (χ1n) is 20.7. The van der Waals surface area contributed by atoms with Crippen LogP contribution in [0.15, 0.2) is 88.5 Å². The second-order valence-corrected chi connectivity index (χ2v) is 30.2. The molecule has 0 unspecified atom stereocenters. The fourth-order valence-electron chi connectivity index (χ4n) is 8.24. The number of nitrogens with one attached hydrogen (secondary N) is 1. The Morgan fingerprint density at radius 3 is 1.82 bits per heavy atom. The standard InChI is InChI=1S/C21H20ClN7.C21H19ClN4.3CH3.N3.Sn/c22-16-4-1-3-15(13-16)6-7-17-8-9-18-14-28(11-12-29(17)18)21-19(5-2-10-23-21)20-24-26-27-25-20;22-18-5-1-3-16(13-18)6-7-19-8-9-20-15-25(11-12-26(19)20)21-17(14-23)4-2-10-24-21;;;;1-3-2;/h1-5,10,13,17-18H,8-9,11-12,14H2,(H,24,25,26,27);1-5,10,13,19-20H,8-9,11-12,15H2;3*1H3;;/q;;;;;-1;+1/t17-,18-;19-,20-;;;;;/m00...../s1. The molecule has 4 atom stereocenters. The number of hydrogen-bond acceptors (Lipinski definition) is 11. The zero-order valence-corrected chi connectivity index (χ0v) is 39.4. The minimum absolute atomic E-state index is 0.292. The molecule has 0 saturated carbocycles. The predicted molar refractivity (Wildman–Crippen MR) is 247 cm³/mol. The molecule has 4 fully saturated rings. The summed E-state index contributed by atoms with van der Waals surface area (Å²) in [6.45, 7) is 5.51. The molecule has 3 aromatic heterocycles. The number of piperazine rings is 2. The molecule has 9 rings (SSSR count). The summed E-state index contributed by atoms with van der Waals surface area (Å²) in [5.41, 5.74) is 11.4. The molecule has 7 heterocycles. The first-order chi connectivity index (χ1) is 30.1. The number of hydrogen-bond donors (Lipinski definition) is 1. The number of nitrogens with zero attached hydrogens (tertiary/aromatic N) is 13. The van der Waals surface area contributed by atoms with E-state index in [4.69, 9.17) is 28.7 Å². The normalized spacial score (nSPS) is 20.5. The molecule has 0 amide bonds. The van der Waals surface area contributed by atoms with E-state index in [2.05, 4.69) is 103 Å². The molecule has 4 aliphatic rings. The summed E-state index contributed by atoms with van der Waals surface area (Å²) in [5, 5.41) is 25.2. The van der Waals surface area contributed by atoms with Gasteiger partial charge in [0.1, 0.15) is 17.7 Å². The number of H-pyrrole nitrogens is 1. The van der Waals surface area contributed by atoms with Gasteiger partial charge in [0.25, 0.3) is 0 Å². The van der Waals surface area contributed by atoms with Crippen molar-refractivity contribution in [2.24, 2.45) is 3.34 Å². The molecule has 17 heteroatoms. The van der Waals surface area contributed by atoms with E-state index in [0.29, 0.717) is 35.6 Å². The average Bonchev–Trinajstić information content (AvgIpc) is 4.06. The summed E-state index contributed by atoms with van der Waals surface area (Å²) in [6.07, 6.45) is 8.01. The van der Waals surface area contributed by atoms with Crippen molar-refractivity contribution < 1.29 is 0 Å². The molecule has 14 nitrogen and oxygen atoms in total. The summed E-state index contributed by atoms with van der Waals surface area (Å²) in [4.78, 5) is 27.6. The number of halogens is 2. The first kappa shape index (κ1) is 44.7. The van der Waals surface area contributed by atoms with Gasteiger partial charge < -0.3 is 9.80 Å². The van der Waals surface area contributed by atoms with Crippen molar-refractivity contribution in [3.05, 3.63) is 122 Å². The Balaban J connectivity index is 0.000000163. The van der Waals surface area contributed by atoms with E-state index in [1.807, 2.05) is 79.0 Å². The number of rotatable bonds is 4. The molecular weight excluding hydrogens is 926 g/mol. The minimum atomic E-state index is -2.07. The second kappa shape index (κ2) is 21.1. The third kappa shape index (κ3) is 11.8. The molecule has 0 radical (unpaired) electrons. The number of tetrazole rings is 1. The van der Waals surface area contributed by atoms with Crippen LogP contribution in [0.25, 0.3) is 21.8 Å². The zero-order chi connectivity index (χ0) is 43.5. The third-order valence-corrected chi connectivity index (χ3v) is 13.5. The molecular formula is C45H48Cl2N14Sn. The molecule has 0 spiro atoms. The van der Waals surface area contributed by atoms with Crippen molar-refractivity contribution in [1.82, 2.24) is 40.4 Å². The van der Waals surface area contributed by atoms with Crippen molar-refractivity contribution in [1.29, 1.82) is 5.26 Å². The summed E-state index contributed by atoms with van der Waals surface area (Å²) in [5.74, 6) is 15.8. The van der Waals surface area contributed by atoms with Gasteiger partial charge in [-0.25, -0.2) is 9.97 Å². The molecule has 62 heavy (non-hydrogen) atoms. The van der Waals surface area contributed by atoms with Crippen LogP contribution in [0.5, 0.6) is 0 Å². The fraction of sp³-hybridized carbons (Fsp3) is 0.378. The number of pyridine rings is 2.